The van der Waals surface area contributed by atoms with E-state index in [4.69, 9.17) is 5.73 Å². The second kappa shape index (κ2) is 4.90. The van der Waals surface area contributed by atoms with Gasteiger partial charge in [-0.05, 0) is 12.8 Å². The van der Waals surface area contributed by atoms with Crippen molar-refractivity contribution in [3.05, 3.63) is 0 Å². The maximum Gasteiger partial charge on any atom is 0.279 e. The Morgan fingerprint density at radius 3 is 2.38 bits per heavy atom. The number of hydrogen-bond acceptors (Lipinski definition) is 3. The van der Waals surface area contributed by atoms with Crippen LogP contribution in [0, 0.1) is 0 Å². The molecule has 0 aliphatic carbocycles. The van der Waals surface area contributed by atoms with E-state index in [0.717, 1.165) is 19.3 Å². The number of rotatable bonds is 4. The van der Waals surface area contributed by atoms with E-state index in [1.807, 2.05) is 0 Å². The van der Waals surface area contributed by atoms with Crippen LogP contribution in [0.2, 0.25) is 0 Å². The van der Waals surface area contributed by atoms with Gasteiger partial charge in [0.25, 0.3) is 10.2 Å². The molecule has 1 aliphatic rings. The average Bonchev–Trinajstić information content (AvgIpc) is 2.16. The molecule has 1 fully saturated rings. The zero-order valence-electron chi connectivity index (χ0n) is 7.70. The average molecular weight is 207 g/mol. The number of hydrogen-bond donors (Lipinski definition) is 2. The van der Waals surface area contributed by atoms with Gasteiger partial charge in [-0.2, -0.15) is 12.7 Å². The number of piperidine rings is 1. The van der Waals surface area contributed by atoms with Crippen molar-refractivity contribution in [2.24, 2.45) is 5.73 Å². The topological polar surface area (TPSA) is 75.4 Å². The van der Waals surface area contributed by atoms with Crippen LogP contribution in [0.25, 0.3) is 0 Å². The lowest BCUT2D eigenvalue weighted by molar-refractivity contribution is 0.342. The van der Waals surface area contributed by atoms with Gasteiger partial charge in [-0.25, -0.2) is 4.72 Å². The minimum atomic E-state index is -3.24. The Labute approximate surface area is 79.5 Å². The van der Waals surface area contributed by atoms with Crippen LogP contribution in [-0.2, 0) is 10.2 Å². The van der Waals surface area contributed by atoms with Gasteiger partial charge in [-0.1, -0.05) is 6.42 Å². The third-order valence-corrected chi connectivity index (χ3v) is 3.70. The Balaban J connectivity index is 2.47. The van der Waals surface area contributed by atoms with Gasteiger partial charge in [0.2, 0.25) is 0 Å². The second-order valence-corrected chi connectivity index (χ2v) is 4.90. The number of nitrogens with zero attached hydrogens (tertiary/aromatic N) is 1. The normalized spacial score (nSPS) is 20.4. The smallest absolute Gasteiger partial charge is 0.279 e. The van der Waals surface area contributed by atoms with Gasteiger partial charge in [0.1, 0.15) is 0 Å². The van der Waals surface area contributed by atoms with E-state index in [9.17, 15) is 8.42 Å². The first-order valence-electron chi connectivity index (χ1n) is 4.61. The van der Waals surface area contributed by atoms with Gasteiger partial charge < -0.3 is 5.73 Å². The van der Waals surface area contributed by atoms with Crippen LogP contribution in [0.15, 0.2) is 0 Å². The van der Waals surface area contributed by atoms with Crippen molar-refractivity contribution < 1.29 is 8.42 Å². The van der Waals surface area contributed by atoms with Gasteiger partial charge in [0.05, 0.1) is 0 Å². The molecule has 0 bridgehead atoms. The molecule has 13 heavy (non-hydrogen) atoms. The quantitative estimate of drug-likeness (QED) is 0.638. The van der Waals surface area contributed by atoms with Crippen LogP contribution in [0.1, 0.15) is 19.3 Å². The predicted molar refractivity (Wildman–Crippen MR) is 51.4 cm³/mol. The lowest BCUT2D eigenvalue weighted by Gasteiger charge is -2.25. The maximum absolute atomic E-state index is 11.5. The Morgan fingerprint density at radius 1 is 1.23 bits per heavy atom. The summed E-state index contributed by atoms with van der Waals surface area (Å²) < 4.78 is 27.0. The fourth-order valence-electron chi connectivity index (χ4n) is 1.38. The van der Waals surface area contributed by atoms with Crippen molar-refractivity contribution in [1.82, 2.24) is 9.03 Å². The van der Waals surface area contributed by atoms with Gasteiger partial charge in [0, 0.05) is 26.2 Å². The third kappa shape index (κ3) is 3.22. The summed E-state index contributed by atoms with van der Waals surface area (Å²) in [5, 5.41) is 0. The van der Waals surface area contributed by atoms with E-state index in [-0.39, 0.29) is 0 Å². The first-order chi connectivity index (χ1) is 6.17. The van der Waals surface area contributed by atoms with Crippen LogP contribution in [0.3, 0.4) is 0 Å². The number of nitrogens with one attached hydrogen (secondary N) is 1. The molecule has 78 valence electrons. The summed E-state index contributed by atoms with van der Waals surface area (Å²) in [6.45, 7) is 1.94. The van der Waals surface area contributed by atoms with Crippen molar-refractivity contribution in [2.45, 2.75) is 19.3 Å². The van der Waals surface area contributed by atoms with E-state index in [1.165, 1.54) is 4.31 Å². The zero-order chi connectivity index (χ0) is 9.73. The first kappa shape index (κ1) is 10.9. The molecule has 0 radical (unpaired) electrons. The maximum atomic E-state index is 11.5. The van der Waals surface area contributed by atoms with E-state index in [1.54, 1.807) is 0 Å². The third-order valence-electron chi connectivity index (χ3n) is 2.08. The molecule has 0 amide bonds. The molecule has 0 aromatic heterocycles. The van der Waals surface area contributed by atoms with Crippen molar-refractivity contribution >= 4 is 10.2 Å². The van der Waals surface area contributed by atoms with Crippen molar-refractivity contribution in [3.8, 4) is 0 Å². The largest absolute Gasteiger partial charge is 0.329 e. The molecule has 0 aromatic rings. The van der Waals surface area contributed by atoms with E-state index < -0.39 is 10.2 Å². The van der Waals surface area contributed by atoms with Gasteiger partial charge in [0.15, 0.2) is 0 Å². The zero-order valence-corrected chi connectivity index (χ0v) is 8.52. The van der Waals surface area contributed by atoms with Crippen molar-refractivity contribution in [1.29, 1.82) is 0 Å². The highest BCUT2D eigenvalue weighted by molar-refractivity contribution is 7.87. The summed E-state index contributed by atoms with van der Waals surface area (Å²) in [7, 11) is -3.24. The highest BCUT2D eigenvalue weighted by Crippen LogP contribution is 2.11. The molecule has 0 aromatic carbocycles. The second-order valence-electron chi connectivity index (χ2n) is 3.15. The standard InChI is InChI=1S/C7H17N3O2S/c8-4-5-9-13(11,12)10-6-2-1-3-7-10/h9H,1-8H2. The summed E-state index contributed by atoms with van der Waals surface area (Å²) in [6, 6.07) is 0. The fourth-order valence-corrected chi connectivity index (χ4v) is 2.68. The van der Waals surface area contributed by atoms with Crippen molar-refractivity contribution in [2.75, 3.05) is 26.2 Å². The SMILES string of the molecule is NCCNS(=O)(=O)N1CCCCC1. The Bertz CT molecular complexity index is 234. The summed E-state index contributed by atoms with van der Waals surface area (Å²) in [6.07, 6.45) is 3.05. The van der Waals surface area contributed by atoms with Crippen LogP contribution in [0.4, 0.5) is 0 Å². The molecular formula is C7H17N3O2S. The highest BCUT2D eigenvalue weighted by atomic mass is 32.2. The van der Waals surface area contributed by atoms with Crippen molar-refractivity contribution in [3.63, 3.8) is 0 Å². The molecule has 5 nitrogen and oxygen atoms in total. The van der Waals surface area contributed by atoms with Crippen LogP contribution in [0.5, 0.6) is 0 Å². The molecule has 1 saturated heterocycles. The van der Waals surface area contributed by atoms with Crippen LogP contribution < -0.4 is 10.5 Å². The van der Waals surface area contributed by atoms with Crippen LogP contribution >= 0.6 is 0 Å². The first-order valence-corrected chi connectivity index (χ1v) is 6.05. The van der Waals surface area contributed by atoms with Crippen LogP contribution in [-0.4, -0.2) is 38.9 Å². The Hall–Kier alpha value is -0.170. The lowest BCUT2D eigenvalue weighted by atomic mass is 10.2. The van der Waals surface area contributed by atoms with Gasteiger partial charge >= 0.3 is 0 Å². The molecule has 0 atom stereocenters. The summed E-state index contributed by atoms with van der Waals surface area (Å²) in [5.74, 6) is 0. The Morgan fingerprint density at radius 2 is 1.85 bits per heavy atom. The van der Waals surface area contributed by atoms with E-state index in [0.29, 0.717) is 26.2 Å². The highest BCUT2D eigenvalue weighted by Gasteiger charge is 2.22. The molecule has 0 unspecified atom stereocenters. The minimum absolute atomic E-state index is 0.318. The lowest BCUT2D eigenvalue weighted by Crippen LogP contribution is -2.44. The molecular weight excluding hydrogens is 190 g/mol. The molecule has 1 heterocycles. The van der Waals surface area contributed by atoms with E-state index in [2.05, 4.69) is 4.72 Å². The summed E-state index contributed by atoms with van der Waals surface area (Å²) in [4.78, 5) is 0. The van der Waals surface area contributed by atoms with E-state index >= 15 is 0 Å². The summed E-state index contributed by atoms with van der Waals surface area (Å²) in [5.41, 5.74) is 5.22. The monoisotopic (exact) mass is 207 g/mol. The summed E-state index contributed by atoms with van der Waals surface area (Å²) >= 11 is 0. The molecule has 0 spiro atoms. The van der Waals surface area contributed by atoms with Gasteiger partial charge in [-0.15, -0.1) is 0 Å². The minimum Gasteiger partial charge on any atom is -0.329 e. The fraction of sp³-hybridized carbons (Fsp3) is 1.00. The molecule has 6 heteroatoms. The molecule has 1 rings (SSSR count). The molecule has 1 aliphatic heterocycles. The van der Waals surface area contributed by atoms with Gasteiger partial charge in [-0.3, -0.25) is 0 Å². The molecule has 3 N–H and O–H groups in total. The Kier molecular flexibility index (Phi) is 4.11. The predicted octanol–water partition coefficient (Wildman–Crippen LogP) is -0.735. The number of nitrogens with two attached hydrogens (primary N) is 1. The molecule has 0 saturated carbocycles.